The lowest BCUT2D eigenvalue weighted by Crippen LogP contribution is -2.40. The first kappa shape index (κ1) is 25.0. The number of methoxy groups -OCH3 is 1. The van der Waals surface area contributed by atoms with E-state index in [0.29, 0.717) is 19.1 Å². The third kappa shape index (κ3) is 7.75. The molecule has 1 unspecified atom stereocenters. The highest BCUT2D eigenvalue weighted by Gasteiger charge is 2.24. The summed E-state index contributed by atoms with van der Waals surface area (Å²) < 4.78 is 11.4. The van der Waals surface area contributed by atoms with Crippen LogP contribution >= 0.6 is 24.0 Å². The van der Waals surface area contributed by atoms with Crippen LogP contribution in [0.3, 0.4) is 0 Å². The van der Waals surface area contributed by atoms with E-state index in [1.165, 1.54) is 0 Å². The number of likely N-dealkylation sites (N-methyl/N-ethyl adjacent to an activating group) is 1. The quantitative estimate of drug-likeness (QED) is 0.302. The molecule has 0 aliphatic carbocycles. The molecule has 0 radical (unpaired) electrons. The molecule has 7 heteroatoms. The fourth-order valence-corrected chi connectivity index (χ4v) is 3.52. The van der Waals surface area contributed by atoms with Gasteiger partial charge in [0.2, 0.25) is 0 Å². The minimum Gasteiger partial charge on any atom is -0.492 e. The van der Waals surface area contributed by atoms with Gasteiger partial charge in [0.15, 0.2) is 5.96 Å². The number of halogens is 1. The monoisotopic (exact) mass is 504 g/mol. The van der Waals surface area contributed by atoms with E-state index in [-0.39, 0.29) is 24.0 Å². The number of likely N-dealkylation sites (tertiary alicyclic amines) is 1. The summed E-state index contributed by atoms with van der Waals surface area (Å²) >= 11 is 0. The Kier molecular flexibility index (Phi) is 12.5. The van der Waals surface area contributed by atoms with Crippen LogP contribution in [0.5, 0.6) is 5.75 Å². The number of nitrogens with zero attached hydrogens (tertiary/aromatic N) is 3. The van der Waals surface area contributed by atoms with E-state index in [1.54, 1.807) is 7.11 Å². The maximum Gasteiger partial charge on any atom is 0.193 e. The number of para-hydroxylation sites is 1. The zero-order valence-electron chi connectivity index (χ0n) is 17.8. The molecule has 6 nitrogen and oxygen atoms in total. The van der Waals surface area contributed by atoms with Crippen LogP contribution in [0.1, 0.15) is 25.8 Å². The predicted molar refractivity (Wildman–Crippen MR) is 127 cm³/mol. The maximum absolute atomic E-state index is 6.06. The van der Waals surface area contributed by atoms with E-state index < -0.39 is 0 Å². The molecular formula is C21H37IN4O2. The number of ether oxygens (including phenoxy) is 2. The van der Waals surface area contributed by atoms with Crippen LogP contribution in [-0.4, -0.2) is 75.9 Å². The summed E-state index contributed by atoms with van der Waals surface area (Å²) in [6.07, 6.45) is 1.15. The van der Waals surface area contributed by atoms with Gasteiger partial charge in [-0.05, 0) is 25.6 Å². The number of aliphatic imine (C=N–C) groups is 1. The zero-order valence-corrected chi connectivity index (χ0v) is 20.1. The summed E-state index contributed by atoms with van der Waals surface area (Å²) in [4.78, 5) is 9.14. The van der Waals surface area contributed by atoms with Crippen molar-refractivity contribution in [2.24, 2.45) is 10.9 Å². The van der Waals surface area contributed by atoms with Gasteiger partial charge >= 0.3 is 0 Å². The lowest BCUT2D eigenvalue weighted by molar-refractivity contribution is 0.157. The molecule has 1 aromatic rings. The minimum absolute atomic E-state index is 0. The van der Waals surface area contributed by atoms with Crippen LogP contribution in [0.4, 0.5) is 0 Å². The van der Waals surface area contributed by atoms with Crippen molar-refractivity contribution in [2.75, 3.05) is 60.1 Å². The number of nitrogens with one attached hydrogen (secondary N) is 1. The third-order valence-electron chi connectivity index (χ3n) is 5.17. The normalized spacial score (nSPS) is 17.0. The van der Waals surface area contributed by atoms with Crippen LogP contribution in [0, 0.1) is 5.92 Å². The number of rotatable bonds is 10. The van der Waals surface area contributed by atoms with Crippen LogP contribution < -0.4 is 10.1 Å². The van der Waals surface area contributed by atoms with E-state index in [2.05, 4.69) is 46.1 Å². The summed E-state index contributed by atoms with van der Waals surface area (Å²) in [5, 5.41) is 3.50. The Balaban J connectivity index is 0.00000392. The van der Waals surface area contributed by atoms with Crippen molar-refractivity contribution in [3.63, 3.8) is 0 Å². The lowest BCUT2D eigenvalue weighted by atomic mass is 10.1. The number of hydrogen-bond donors (Lipinski definition) is 1. The van der Waals surface area contributed by atoms with Gasteiger partial charge in [-0.3, -0.25) is 4.99 Å². The van der Waals surface area contributed by atoms with Gasteiger partial charge in [-0.15, -0.1) is 24.0 Å². The van der Waals surface area contributed by atoms with E-state index in [0.717, 1.165) is 63.0 Å². The molecule has 1 aliphatic rings. The van der Waals surface area contributed by atoms with Crippen molar-refractivity contribution in [3.05, 3.63) is 29.8 Å². The van der Waals surface area contributed by atoms with E-state index in [4.69, 9.17) is 9.47 Å². The minimum atomic E-state index is 0. The van der Waals surface area contributed by atoms with Crippen molar-refractivity contribution < 1.29 is 9.47 Å². The molecule has 0 bridgehead atoms. The molecule has 160 valence electrons. The molecule has 1 N–H and O–H groups in total. The summed E-state index contributed by atoms with van der Waals surface area (Å²) in [5.41, 5.74) is 1.16. The third-order valence-corrected chi connectivity index (χ3v) is 5.17. The maximum atomic E-state index is 6.06. The topological polar surface area (TPSA) is 49.3 Å². The Labute approximate surface area is 187 Å². The molecule has 1 saturated heterocycles. The Morgan fingerprint density at radius 1 is 1.29 bits per heavy atom. The predicted octanol–water partition coefficient (Wildman–Crippen LogP) is 3.07. The van der Waals surface area contributed by atoms with Crippen LogP contribution in [0.15, 0.2) is 29.3 Å². The molecule has 0 aromatic heterocycles. The molecule has 0 saturated carbocycles. The van der Waals surface area contributed by atoms with Crippen molar-refractivity contribution in [3.8, 4) is 5.75 Å². The zero-order chi connectivity index (χ0) is 19.5. The molecule has 1 fully saturated rings. The van der Waals surface area contributed by atoms with Gasteiger partial charge in [0.1, 0.15) is 12.4 Å². The number of benzene rings is 1. The molecular weight excluding hydrogens is 467 g/mol. The van der Waals surface area contributed by atoms with Gasteiger partial charge in [0, 0.05) is 51.8 Å². The molecule has 1 aromatic carbocycles. The van der Waals surface area contributed by atoms with Crippen molar-refractivity contribution >= 4 is 29.9 Å². The van der Waals surface area contributed by atoms with E-state index in [9.17, 15) is 0 Å². The Morgan fingerprint density at radius 3 is 2.71 bits per heavy atom. The number of guanidine groups is 1. The molecule has 0 spiro atoms. The first-order valence-corrected chi connectivity index (χ1v) is 10.1. The fraction of sp³-hybridized carbons (Fsp3) is 0.667. The Hall–Kier alpha value is -1.06. The highest BCUT2D eigenvalue weighted by Crippen LogP contribution is 2.19. The summed E-state index contributed by atoms with van der Waals surface area (Å²) in [6, 6.07) is 8.25. The van der Waals surface area contributed by atoms with Gasteiger partial charge in [0.05, 0.1) is 6.61 Å². The van der Waals surface area contributed by atoms with Crippen molar-refractivity contribution in [1.29, 1.82) is 0 Å². The van der Waals surface area contributed by atoms with Gasteiger partial charge in [-0.2, -0.15) is 0 Å². The summed E-state index contributed by atoms with van der Waals surface area (Å²) in [7, 11) is 3.62. The van der Waals surface area contributed by atoms with Crippen molar-refractivity contribution in [2.45, 2.75) is 26.8 Å². The average molecular weight is 504 g/mol. The fourth-order valence-electron chi connectivity index (χ4n) is 3.52. The lowest BCUT2D eigenvalue weighted by Gasteiger charge is -2.22. The SMILES string of the molecule is CCN(CC)CCOc1ccccc1CNC(=NC)N1CCC(COC)C1.I. The molecule has 1 heterocycles. The highest BCUT2D eigenvalue weighted by atomic mass is 127. The number of hydrogen-bond acceptors (Lipinski definition) is 4. The largest absolute Gasteiger partial charge is 0.492 e. The van der Waals surface area contributed by atoms with Gasteiger partial charge in [-0.1, -0.05) is 32.0 Å². The molecule has 1 atom stereocenters. The first-order valence-electron chi connectivity index (χ1n) is 10.1. The van der Waals surface area contributed by atoms with E-state index in [1.807, 2.05) is 19.2 Å². The van der Waals surface area contributed by atoms with Gasteiger partial charge in [-0.25, -0.2) is 0 Å². The second-order valence-electron chi connectivity index (χ2n) is 6.94. The van der Waals surface area contributed by atoms with Gasteiger partial charge < -0.3 is 24.6 Å². The second-order valence-corrected chi connectivity index (χ2v) is 6.94. The van der Waals surface area contributed by atoms with Crippen LogP contribution in [-0.2, 0) is 11.3 Å². The summed E-state index contributed by atoms with van der Waals surface area (Å²) in [5.74, 6) is 2.49. The average Bonchev–Trinajstić information content (AvgIpc) is 3.15. The molecule has 1 aliphatic heterocycles. The second kappa shape index (κ2) is 14.0. The van der Waals surface area contributed by atoms with Crippen molar-refractivity contribution in [1.82, 2.24) is 15.1 Å². The van der Waals surface area contributed by atoms with Gasteiger partial charge in [0.25, 0.3) is 0 Å². The molecule has 2 rings (SSSR count). The summed E-state index contributed by atoms with van der Waals surface area (Å²) in [6.45, 7) is 11.7. The van der Waals surface area contributed by atoms with Crippen LogP contribution in [0.25, 0.3) is 0 Å². The molecule has 0 amide bonds. The smallest absolute Gasteiger partial charge is 0.193 e. The van der Waals surface area contributed by atoms with E-state index >= 15 is 0 Å². The Bertz CT molecular complexity index is 581. The molecule has 28 heavy (non-hydrogen) atoms. The Morgan fingerprint density at radius 2 is 2.04 bits per heavy atom. The highest BCUT2D eigenvalue weighted by molar-refractivity contribution is 14.0. The van der Waals surface area contributed by atoms with Crippen LogP contribution in [0.2, 0.25) is 0 Å². The standard InChI is InChI=1S/C21H36N4O2.HI/c1-5-24(6-2)13-14-27-20-10-8-7-9-19(20)15-23-21(22-3)25-12-11-18(16-25)17-26-4;/h7-10,18H,5-6,11-17H2,1-4H3,(H,22,23);1H. The first-order chi connectivity index (χ1) is 13.2.